The second-order valence-electron chi connectivity index (χ2n) is 4.85. The first-order valence-corrected chi connectivity index (χ1v) is 7.04. The molecule has 0 radical (unpaired) electrons. The standard InChI is InChI=1S/C14H15ClN4O/c1-2-4-11-5-3-6-19(11)13(20)12-9-18-8-10(15)7-16-14(18)17-12/h3,5,7-9,11H,2,4,6H2,1H3/t11-/m1/s1. The minimum Gasteiger partial charge on any atom is -0.327 e. The maximum absolute atomic E-state index is 12.5. The molecule has 1 amide bonds. The van der Waals surface area contributed by atoms with Crippen molar-refractivity contribution in [2.75, 3.05) is 6.54 Å². The predicted molar refractivity (Wildman–Crippen MR) is 76.9 cm³/mol. The molecule has 20 heavy (non-hydrogen) atoms. The van der Waals surface area contributed by atoms with E-state index in [0.29, 0.717) is 23.0 Å². The zero-order chi connectivity index (χ0) is 14.1. The molecule has 6 heteroatoms. The van der Waals surface area contributed by atoms with Gasteiger partial charge in [0, 0.05) is 18.9 Å². The van der Waals surface area contributed by atoms with Gasteiger partial charge in [-0.3, -0.25) is 9.20 Å². The Kier molecular flexibility index (Phi) is 3.44. The predicted octanol–water partition coefficient (Wildman–Crippen LogP) is 2.56. The van der Waals surface area contributed by atoms with Crippen LogP contribution in [0.2, 0.25) is 5.02 Å². The highest BCUT2D eigenvalue weighted by Crippen LogP contribution is 2.18. The van der Waals surface area contributed by atoms with Crippen LogP contribution in [0.25, 0.3) is 5.78 Å². The summed E-state index contributed by atoms with van der Waals surface area (Å²) in [4.78, 5) is 22.7. The Morgan fingerprint density at radius 1 is 1.50 bits per heavy atom. The average Bonchev–Trinajstić information content (AvgIpc) is 3.04. The number of carbonyl (C=O) groups is 1. The lowest BCUT2D eigenvalue weighted by Crippen LogP contribution is -2.36. The van der Waals surface area contributed by atoms with Crippen molar-refractivity contribution >= 4 is 23.3 Å². The van der Waals surface area contributed by atoms with Gasteiger partial charge in [0.15, 0.2) is 0 Å². The molecule has 2 aromatic heterocycles. The molecule has 1 atom stereocenters. The number of carbonyl (C=O) groups excluding carboxylic acids is 1. The van der Waals surface area contributed by atoms with Gasteiger partial charge in [-0.25, -0.2) is 9.97 Å². The molecule has 0 saturated heterocycles. The number of imidazole rings is 1. The first-order chi connectivity index (χ1) is 9.69. The van der Waals surface area contributed by atoms with Crippen LogP contribution < -0.4 is 0 Å². The van der Waals surface area contributed by atoms with Gasteiger partial charge in [-0.15, -0.1) is 0 Å². The zero-order valence-corrected chi connectivity index (χ0v) is 11.9. The van der Waals surface area contributed by atoms with E-state index in [2.05, 4.69) is 23.0 Å². The van der Waals surface area contributed by atoms with Crippen LogP contribution in [0, 0.1) is 0 Å². The smallest absolute Gasteiger partial charge is 0.274 e. The largest absolute Gasteiger partial charge is 0.327 e. The molecule has 0 bridgehead atoms. The second-order valence-corrected chi connectivity index (χ2v) is 5.28. The molecule has 0 spiro atoms. The molecule has 0 fully saturated rings. The maximum atomic E-state index is 12.5. The minimum atomic E-state index is -0.0601. The van der Waals surface area contributed by atoms with E-state index in [-0.39, 0.29) is 11.9 Å². The summed E-state index contributed by atoms with van der Waals surface area (Å²) >= 11 is 5.88. The van der Waals surface area contributed by atoms with E-state index in [0.717, 1.165) is 12.8 Å². The van der Waals surface area contributed by atoms with Gasteiger partial charge in [0.1, 0.15) is 5.69 Å². The monoisotopic (exact) mass is 290 g/mol. The summed E-state index contributed by atoms with van der Waals surface area (Å²) in [5.41, 5.74) is 0.407. The van der Waals surface area contributed by atoms with Crippen LogP contribution in [0.3, 0.4) is 0 Å². The van der Waals surface area contributed by atoms with E-state index < -0.39 is 0 Å². The molecule has 3 heterocycles. The Morgan fingerprint density at radius 2 is 2.35 bits per heavy atom. The Morgan fingerprint density at radius 3 is 3.15 bits per heavy atom. The first kappa shape index (κ1) is 13.1. The van der Waals surface area contributed by atoms with E-state index in [9.17, 15) is 4.79 Å². The minimum absolute atomic E-state index is 0.0601. The summed E-state index contributed by atoms with van der Waals surface area (Å²) in [5, 5.41) is 0.514. The summed E-state index contributed by atoms with van der Waals surface area (Å²) < 4.78 is 1.67. The van der Waals surface area contributed by atoms with E-state index >= 15 is 0 Å². The molecule has 0 aliphatic carbocycles. The third-order valence-electron chi connectivity index (χ3n) is 3.40. The van der Waals surface area contributed by atoms with Crippen LogP contribution in [0.1, 0.15) is 30.3 Å². The highest BCUT2D eigenvalue weighted by Gasteiger charge is 2.26. The molecular weight excluding hydrogens is 276 g/mol. The normalized spacial score (nSPS) is 18.1. The molecule has 0 aromatic carbocycles. The zero-order valence-electron chi connectivity index (χ0n) is 11.2. The Hall–Kier alpha value is -1.88. The summed E-state index contributed by atoms with van der Waals surface area (Å²) in [6.45, 7) is 2.76. The molecule has 3 rings (SSSR count). The Labute approximate surface area is 121 Å². The van der Waals surface area contributed by atoms with Crippen molar-refractivity contribution in [1.29, 1.82) is 0 Å². The fraction of sp³-hybridized carbons (Fsp3) is 0.357. The average molecular weight is 291 g/mol. The van der Waals surface area contributed by atoms with Crippen LogP contribution >= 0.6 is 11.6 Å². The van der Waals surface area contributed by atoms with Crippen LogP contribution in [0.5, 0.6) is 0 Å². The van der Waals surface area contributed by atoms with E-state index in [4.69, 9.17) is 11.6 Å². The molecule has 5 nitrogen and oxygen atoms in total. The number of aromatic nitrogens is 3. The van der Waals surface area contributed by atoms with Crippen LogP contribution in [-0.2, 0) is 0 Å². The van der Waals surface area contributed by atoms with Gasteiger partial charge >= 0.3 is 0 Å². The summed E-state index contributed by atoms with van der Waals surface area (Å²) in [6, 6.07) is 0.175. The van der Waals surface area contributed by atoms with Gasteiger partial charge in [-0.1, -0.05) is 37.1 Å². The number of hydrogen-bond acceptors (Lipinski definition) is 3. The van der Waals surface area contributed by atoms with Crippen molar-refractivity contribution in [2.24, 2.45) is 0 Å². The molecular formula is C14H15ClN4O. The van der Waals surface area contributed by atoms with Crippen molar-refractivity contribution < 1.29 is 4.79 Å². The molecule has 2 aromatic rings. The number of halogens is 1. The van der Waals surface area contributed by atoms with E-state index in [1.54, 1.807) is 16.8 Å². The summed E-state index contributed by atoms with van der Waals surface area (Å²) in [7, 11) is 0. The Bertz CT molecular complexity index is 679. The van der Waals surface area contributed by atoms with Gasteiger partial charge in [0.05, 0.1) is 17.3 Å². The van der Waals surface area contributed by atoms with Gasteiger partial charge < -0.3 is 4.90 Å². The van der Waals surface area contributed by atoms with Gasteiger partial charge in [-0.2, -0.15) is 0 Å². The fourth-order valence-electron chi connectivity index (χ4n) is 2.46. The fourth-order valence-corrected chi connectivity index (χ4v) is 2.62. The van der Waals surface area contributed by atoms with Crippen LogP contribution in [0.4, 0.5) is 0 Å². The van der Waals surface area contributed by atoms with Crippen molar-refractivity contribution in [1.82, 2.24) is 19.3 Å². The second kappa shape index (κ2) is 5.25. The molecule has 1 aliphatic heterocycles. The topological polar surface area (TPSA) is 50.5 Å². The Balaban J connectivity index is 1.88. The summed E-state index contributed by atoms with van der Waals surface area (Å²) in [5.74, 6) is 0.423. The van der Waals surface area contributed by atoms with Gasteiger partial charge in [0.25, 0.3) is 5.91 Å². The van der Waals surface area contributed by atoms with Gasteiger partial charge in [-0.05, 0) is 6.42 Å². The number of hydrogen-bond donors (Lipinski definition) is 0. The lowest BCUT2D eigenvalue weighted by Gasteiger charge is -2.23. The van der Waals surface area contributed by atoms with Crippen molar-refractivity contribution in [3.63, 3.8) is 0 Å². The third kappa shape index (κ3) is 2.29. The highest BCUT2D eigenvalue weighted by molar-refractivity contribution is 6.30. The van der Waals surface area contributed by atoms with E-state index in [1.807, 2.05) is 11.0 Å². The molecule has 104 valence electrons. The lowest BCUT2D eigenvalue weighted by molar-refractivity contribution is 0.0739. The van der Waals surface area contributed by atoms with Crippen molar-refractivity contribution in [2.45, 2.75) is 25.8 Å². The third-order valence-corrected chi connectivity index (χ3v) is 3.60. The number of fused-ring (bicyclic) bond motifs is 1. The molecule has 0 unspecified atom stereocenters. The SMILES string of the molecule is CCC[C@@H]1C=CCN1C(=O)c1cn2cc(Cl)cnc2n1. The molecule has 0 N–H and O–H groups in total. The van der Waals surface area contributed by atoms with Gasteiger partial charge in [0.2, 0.25) is 5.78 Å². The van der Waals surface area contributed by atoms with Crippen LogP contribution in [-0.4, -0.2) is 37.8 Å². The number of rotatable bonds is 3. The number of amides is 1. The molecule has 0 saturated carbocycles. The van der Waals surface area contributed by atoms with E-state index in [1.165, 1.54) is 6.20 Å². The van der Waals surface area contributed by atoms with Crippen molar-refractivity contribution in [3.05, 3.63) is 41.5 Å². The number of nitrogens with zero attached hydrogens (tertiary/aromatic N) is 4. The maximum Gasteiger partial charge on any atom is 0.274 e. The van der Waals surface area contributed by atoms with Crippen molar-refractivity contribution in [3.8, 4) is 0 Å². The van der Waals surface area contributed by atoms with Crippen LogP contribution in [0.15, 0.2) is 30.7 Å². The molecule has 1 aliphatic rings. The lowest BCUT2D eigenvalue weighted by atomic mass is 10.1. The summed E-state index contributed by atoms with van der Waals surface area (Å²) in [6.07, 6.45) is 11.0. The highest BCUT2D eigenvalue weighted by atomic mass is 35.5. The quantitative estimate of drug-likeness (QED) is 0.816. The first-order valence-electron chi connectivity index (χ1n) is 6.67.